The van der Waals surface area contributed by atoms with Crippen molar-refractivity contribution in [1.82, 2.24) is 0 Å². The Morgan fingerprint density at radius 1 is 1.14 bits per heavy atom. The first-order chi connectivity index (χ1) is 1.41. The van der Waals surface area contributed by atoms with Gasteiger partial charge in [0.15, 0.2) is 0 Å². The molecule has 0 atom stereocenters. The molecule has 3 N–H and O–H groups in total. The largest absolute Gasteiger partial charge is 2.00 e. The van der Waals surface area contributed by atoms with Crippen LogP contribution < -0.4 is 77.7 Å². The molecule has 0 saturated heterocycles. The van der Waals surface area contributed by atoms with E-state index in [-0.39, 0.29) is 99.2 Å². The predicted octanol–water partition coefficient (Wildman–Crippen LogP) is -10.1. The normalized spacial score (nSPS) is 2.57. The van der Waals surface area contributed by atoms with E-state index in [0.717, 1.165) is 6.54 Å². The fourth-order valence-electron chi connectivity index (χ4n) is 0. The van der Waals surface area contributed by atoms with Gasteiger partial charge < -0.3 is 77.7 Å². The molecule has 0 fully saturated rings. The molecule has 0 aromatic heterocycles. The number of hydrogen-bond acceptors (Lipinski definition) is 0. The number of rotatable bonds is 0. The molecule has 5 heteroatoms. The molecule has 0 aromatic carbocycles. The van der Waals surface area contributed by atoms with Crippen LogP contribution in [0.1, 0.15) is 6.92 Å². The van der Waals surface area contributed by atoms with Gasteiger partial charge in [0.25, 0.3) is 0 Å². The molecule has 2 radical (unpaired) electrons. The molecule has 46 valence electrons. The van der Waals surface area contributed by atoms with E-state index in [1.165, 1.54) is 0 Å². The van der Waals surface area contributed by atoms with E-state index in [0.29, 0.717) is 0 Å². The predicted molar refractivity (Wildman–Crippen MR) is 19.2 cm³/mol. The van der Waals surface area contributed by atoms with Crippen LogP contribution in [0.4, 0.5) is 0 Å². The molecule has 7 heavy (non-hydrogen) atoms. The van der Waals surface area contributed by atoms with Gasteiger partial charge in [-0.3, -0.25) is 0 Å². The molecule has 0 spiro atoms. The number of quaternary nitrogens is 1. The van der Waals surface area contributed by atoms with Crippen LogP contribution in [0.25, 0.3) is 0 Å². The summed E-state index contributed by atoms with van der Waals surface area (Å²) in [4.78, 5) is 0. The molecule has 0 saturated carbocycles. The molecule has 0 aliphatic rings. The smallest absolute Gasteiger partial charge is 1.00 e. The van der Waals surface area contributed by atoms with Gasteiger partial charge in [0.1, 0.15) is 0 Å². The molecule has 0 bridgehead atoms. The Labute approximate surface area is 116 Å². The van der Waals surface area contributed by atoms with E-state index in [1.54, 1.807) is 0 Å². The Morgan fingerprint density at radius 2 is 1.14 bits per heavy atom. The zero-order valence-corrected chi connectivity index (χ0v) is 14.4. The third-order valence-electron chi connectivity index (χ3n) is 0. The monoisotopic (exact) mass is 635 g/mol. The van der Waals surface area contributed by atoms with Crippen LogP contribution in [0.3, 0.4) is 0 Å². The summed E-state index contributed by atoms with van der Waals surface area (Å²) in [5.74, 6) is 0. The minimum Gasteiger partial charge on any atom is -1.00 e. The SMILES string of the molecule is CC[NH3+].[I-].[I-].[I-].[Pb+2]. The second-order valence-corrected chi connectivity index (χ2v) is 0.500. The topological polar surface area (TPSA) is 27.6 Å². The zero-order valence-electron chi connectivity index (χ0n) is 4.05. The number of halogens is 3. The van der Waals surface area contributed by atoms with E-state index in [9.17, 15) is 0 Å². The third kappa shape index (κ3) is 48.1. The molecular formula is C2H8I3NPb. The first kappa shape index (κ1) is 32.2. The zero-order chi connectivity index (χ0) is 2.71. The second-order valence-electron chi connectivity index (χ2n) is 0.500. The third-order valence-corrected chi connectivity index (χ3v) is 0. The van der Waals surface area contributed by atoms with Crippen molar-refractivity contribution < 1.29 is 77.7 Å². The van der Waals surface area contributed by atoms with Crippen molar-refractivity contribution in [3.63, 3.8) is 0 Å². The van der Waals surface area contributed by atoms with Crippen LogP contribution in [-0.2, 0) is 0 Å². The Hall–Kier alpha value is 3.07. The van der Waals surface area contributed by atoms with Gasteiger partial charge in [-0.25, -0.2) is 0 Å². The van der Waals surface area contributed by atoms with Gasteiger partial charge in [-0.15, -0.1) is 0 Å². The summed E-state index contributed by atoms with van der Waals surface area (Å²) in [6.45, 7) is 3.01. The van der Waals surface area contributed by atoms with Gasteiger partial charge >= 0.3 is 27.3 Å². The Balaban J connectivity index is -0.00000000333. The van der Waals surface area contributed by atoms with Gasteiger partial charge in [-0.1, -0.05) is 0 Å². The summed E-state index contributed by atoms with van der Waals surface area (Å²) < 4.78 is 0. The number of hydrogen-bond donors (Lipinski definition) is 1. The first-order valence-corrected chi connectivity index (χ1v) is 1.21. The Morgan fingerprint density at radius 3 is 1.14 bits per heavy atom. The minimum atomic E-state index is 0. The van der Waals surface area contributed by atoms with Gasteiger partial charge in [0.05, 0.1) is 6.54 Å². The summed E-state index contributed by atoms with van der Waals surface area (Å²) in [7, 11) is 0. The van der Waals surface area contributed by atoms with Crippen LogP contribution in [-0.4, -0.2) is 33.8 Å². The van der Waals surface area contributed by atoms with Crippen molar-refractivity contribution in [3.05, 3.63) is 0 Å². The maximum atomic E-state index is 3.49. The average Bonchev–Trinajstić information content (AvgIpc) is 0.918. The van der Waals surface area contributed by atoms with Crippen molar-refractivity contribution in [2.45, 2.75) is 6.92 Å². The molecule has 0 unspecified atom stereocenters. The summed E-state index contributed by atoms with van der Waals surface area (Å²) in [5, 5.41) is 0. The second kappa shape index (κ2) is 35.6. The minimum absolute atomic E-state index is 0. The van der Waals surface area contributed by atoms with Crippen LogP contribution in [0.15, 0.2) is 0 Å². The van der Waals surface area contributed by atoms with Gasteiger partial charge in [-0.05, 0) is 6.92 Å². The summed E-state index contributed by atoms with van der Waals surface area (Å²) >= 11 is 0. The molecule has 0 amide bonds. The molecule has 0 aliphatic heterocycles. The van der Waals surface area contributed by atoms with Crippen molar-refractivity contribution in [2.24, 2.45) is 0 Å². The van der Waals surface area contributed by atoms with E-state index < -0.39 is 0 Å². The summed E-state index contributed by atoms with van der Waals surface area (Å²) in [5.41, 5.74) is 3.49. The van der Waals surface area contributed by atoms with Gasteiger partial charge in [0, 0.05) is 0 Å². The standard InChI is InChI=1S/C2H7N.3HI.Pb/c1-2-3;;;;/h2-3H2,1H3;3*1H;/q;;;;+2/p-2. The summed E-state index contributed by atoms with van der Waals surface area (Å²) in [6, 6.07) is 0. The molecule has 0 heterocycles. The van der Waals surface area contributed by atoms with E-state index in [4.69, 9.17) is 0 Å². The molecule has 0 aliphatic carbocycles. The van der Waals surface area contributed by atoms with Gasteiger partial charge in [-0.2, -0.15) is 0 Å². The van der Waals surface area contributed by atoms with Crippen molar-refractivity contribution in [2.75, 3.05) is 6.54 Å². The maximum Gasteiger partial charge on any atom is 2.00 e. The van der Waals surface area contributed by atoms with Crippen LogP contribution in [0, 0.1) is 0 Å². The molecule has 0 aromatic rings. The van der Waals surface area contributed by atoms with Crippen molar-refractivity contribution in [1.29, 1.82) is 0 Å². The quantitative estimate of drug-likeness (QED) is 0.203. The van der Waals surface area contributed by atoms with Crippen LogP contribution in [0.2, 0.25) is 0 Å². The van der Waals surface area contributed by atoms with Crippen molar-refractivity contribution >= 4 is 27.3 Å². The first-order valence-electron chi connectivity index (χ1n) is 1.21. The van der Waals surface area contributed by atoms with Gasteiger partial charge in [0.2, 0.25) is 0 Å². The van der Waals surface area contributed by atoms with E-state index in [2.05, 4.69) is 5.73 Å². The molecular weight excluding hydrogens is 626 g/mol. The van der Waals surface area contributed by atoms with Crippen LogP contribution in [0.5, 0.6) is 0 Å². The molecule has 0 rings (SSSR count). The van der Waals surface area contributed by atoms with Crippen LogP contribution >= 0.6 is 0 Å². The molecule has 1 nitrogen and oxygen atoms in total. The maximum absolute atomic E-state index is 3.49. The fraction of sp³-hybridized carbons (Fsp3) is 1.00. The van der Waals surface area contributed by atoms with Crippen molar-refractivity contribution in [3.8, 4) is 0 Å². The summed E-state index contributed by atoms with van der Waals surface area (Å²) in [6.07, 6.45) is 0. The fourth-order valence-corrected chi connectivity index (χ4v) is 0. The Bertz CT molecular complexity index is 12.9. The van der Waals surface area contributed by atoms with E-state index >= 15 is 0 Å². The Kier molecular flexibility index (Phi) is 164. The van der Waals surface area contributed by atoms with E-state index in [1.807, 2.05) is 6.92 Å². The average molecular weight is 634 g/mol.